The predicted molar refractivity (Wildman–Crippen MR) is 135 cm³/mol. The van der Waals surface area contributed by atoms with Crippen molar-refractivity contribution in [1.29, 1.82) is 0 Å². The molecular weight excluding hydrogens is 465 g/mol. The van der Waals surface area contributed by atoms with E-state index in [9.17, 15) is 9.59 Å². The van der Waals surface area contributed by atoms with Crippen LogP contribution >= 0.6 is 35.4 Å². The standard InChI is InChI=1S/C24H23Cl2N3O2S/c1-13-12-24(2,3)28(4)18-9-8-14(10-15(13)18)11-16-21(30)27-23(32)29(22(16)31)19-7-5-6-17(25)20(19)26/h5-11,13H,12H2,1-4H3,(H,27,30,32)/b16-11+. The smallest absolute Gasteiger partial charge is 0.270 e. The number of hydrogen-bond donors (Lipinski definition) is 1. The quantitative estimate of drug-likeness (QED) is 0.342. The molecule has 2 amide bonds. The molecule has 5 nitrogen and oxygen atoms in total. The van der Waals surface area contributed by atoms with Gasteiger partial charge in [-0.15, -0.1) is 0 Å². The van der Waals surface area contributed by atoms with Crippen LogP contribution < -0.4 is 15.1 Å². The number of anilines is 2. The Morgan fingerprint density at radius 1 is 1.16 bits per heavy atom. The van der Waals surface area contributed by atoms with Gasteiger partial charge in [0.25, 0.3) is 11.8 Å². The van der Waals surface area contributed by atoms with Gasteiger partial charge in [0.15, 0.2) is 5.11 Å². The van der Waals surface area contributed by atoms with Gasteiger partial charge < -0.3 is 4.90 Å². The van der Waals surface area contributed by atoms with Crippen LogP contribution in [0.4, 0.5) is 11.4 Å². The van der Waals surface area contributed by atoms with Gasteiger partial charge in [-0.1, -0.05) is 42.3 Å². The SMILES string of the molecule is CC1CC(C)(C)N(C)c2ccc(/C=C3\C(=O)NC(=S)N(c4cccc(Cl)c4Cl)C3=O)cc21. The van der Waals surface area contributed by atoms with Crippen LogP contribution in [0.5, 0.6) is 0 Å². The Kier molecular flexibility index (Phi) is 5.82. The van der Waals surface area contributed by atoms with Crippen LogP contribution in [0.15, 0.2) is 42.0 Å². The number of nitrogens with one attached hydrogen (secondary N) is 1. The van der Waals surface area contributed by atoms with Crippen LogP contribution in [0.3, 0.4) is 0 Å². The first-order valence-corrected chi connectivity index (χ1v) is 11.4. The first-order valence-electron chi connectivity index (χ1n) is 10.2. The fraction of sp³-hybridized carbons (Fsp3) is 0.292. The number of halogens is 2. The van der Waals surface area contributed by atoms with Gasteiger partial charge in [0.2, 0.25) is 0 Å². The molecule has 0 radical (unpaired) electrons. The lowest BCUT2D eigenvalue weighted by atomic mass is 9.80. The minimum Gasteiger partial charge on any atom is -0.369 e. The number of carbonyl (C=O) groups excluding carboxylic acids is 2. The predicted octanol–water partition coefficient (Wildman–Crippen LogP) is 5.55. The number of fused-ring (bicyclic) bond motifs is 1. The van der Waals surface area contributed by atoms with E-state index in [1.807, 2.05) is 18.2 Å². The lowest BCUT2D eigenvalue weighted by molar-refractivity contribution is -0.122. The van der Waals surface area contributed by atoms with E-state index in [1.165, 1.54) is 10.5 Å². The summed E-state index contributed by atoms with van der Waals surface area (Å²) in [6.07, 6.45) is 2.60. The number of rotatable bonds is 2. The second-order valence-electron chi connectivity index (χ2n) is 8.83. The molecule has 0 saturated carbocycles. The van der Waals surface area contributed by atoms with Crippen LogP contribution in [0.2, 0.25) is 10.0 Å². The summed E-state index contributed by atoms with van der Waals surface area (Å²) in [6.45, 7) is 6.65. The number of nitrogens with zero attached hydrogens (tertiary/aromatic N) is 2. The number of amides is 2. The molecular formula is C24H23Cl2N3O2S. The lowest BCUT2D eigenvalue weighted by Gasteiger charge is -2.45. The van der Waals surface area contributed by atoms with Gasteiger partial charge in [0.05, 0.1) is 15.7 Å². The molecule has 32 heavy (non-hydrogen) atoms. The summed E-state index contributed by atoms with van der Waals surface area (Å²) in [5.41, 5.74) is 3.47. The van der Waals surface area contributed by atoms with Crippen molar-refractivity contribution in [2.75, 3.05) is 16.8 Å². The average molecular weight is 488 g/mol. The van der Waals surface area contributed by atoms with Crippen LogP contribution in [-0.4, -0.2) is 29.5 Å². The Bertz CT molecular complexity index is 1190. The monoisotopic (exact) mass is 487 g/mol. The molecule has 2 aliphatic heterocycles. The molecule has 1 atom stereocenters. The molecule has 2 aromatic rings. The van der Waals surface area contributed by atoms with Crippen molar-refractivity contribution in [1.82, 2.24) is 5.32 Å². The fourth-order valence-electron chi connectivity index (χ4n) is 4.39. The third kappa shape index (κ3) is 3.81. The molecule has 0 aromatic heterocycles. The highest BCUT2D eigenvalue weighted by molar-refractivity contribution is 7.80. The Morgan fingerprint density at radius 2 is 1.88 bits per heavy atom. The molecule has 2 heterocycles. The topological polar surface area (TPSA) is 52.7 Å². The van der Waals surface area contributed by atoms with Crippen LogP contribution in [-0.2, 0) is 9.59 Å². The fourth-order valence-corrected chi connectivity index (χ4v) is 5.05. The van der Waals surface area contributed by atoms with Crippen LogP contribution in [0.1, 0.15) is 44.2 Å². The lowest BCUT2D eigenvalue weighted by Crippen LogP contribution is -2.54. The summed E-state index contributed by atoms with van der Waals surface area (Å²) in [7, 11) is 2.09. The van der Waals surface area contributed by atoms with Gasteiger partial charge in [-0.05, 0) is 79.9 Å². The van der Waals surface area contributed by atoms with E-state index in [0.717, 1.165) is 17.7 Å². The van der Waals surface area contributed by atoms with E-state index in [4.69, 9.17) is 35.4 Å². The summed E-state index contributed by atoms with van der Waals surface area (Å²) >= 11 is 17.7. The van der Waals surface area contributed by atoms with Crippen molar-refractivity contribution < 1.29 is 9.59 Å². The van der Waals surface area contributed by atoms with Crippen molar-refractivity contribution in [2.45, 2.75) is 38.6 Å². The minimum atomic E-state index is -0.549. The van der Waals surface area contributed by atoms with E-state index >= 15 is 0 Å². The molecule has 1 saturated heterocycles. The zero-order valence-corrected chi connectivity index (χ0v) is 20.5. The number of thiocarbonyl (C=S) groups is 1. The maximum Gasteiger partial charge on any atom is 0.270 e. The second-order valence-corrected chi connectivity index (χ2v) is 10.00. The van der Waals surface area contributed by atoms with E-state index in [1.54, 1.807) is 24.3 Å². The second kappa shape index (κ2) is 8.18. The summed E-state index contributed by atoms with van der Waals surface area (Å²) in [5.74, 6) is -0.745. The van der Waals surface area contributed by atoms with Gasteiger partial charge in [-0.3, -0.25) is 19.8 Å². The first-order chi connectivity index (χ1) is 15.0. The number of carbonyl (C=O) groups is 2. The van der Waals surface area contributed by atoms with Crippen molar-refractivity contribution in [3.05, 3.63) is 63.1 Å². The number of hydrogen-bond acceptors (Lipinski definition) is 4. The van der Waals surface area contributed by atoms with E-state index in [0.29, 0.717) is 11.6 Å². The highest BCUT2D eigenvalue weighted by Gasteiger charge is 2.37. The average Bonchev–Trinajstić information content (AvgIpc) is 2.72. The Morgan fingerprint density at radius 3 is 2.59 bits per heavy atom. The molecule has 2 aliphatic rings. The zero-order chi connectivity index (χ0) is 23.4. The van der Waals surface area contributed by atoms with Crippen molar-refractivity contribution in [2.24, 2.45) is 0 Å². The number of benzene rings is 2. The summed E-state index contributed by atoms with van der Waals surface area (Å²) in [6, 6.07) is 10.9. The van der Waals surface area contributed by atoms with Gasteiger partial charge in [-0.25, -0.2) is 0 Å². The molecule has 4 rings (SSSR count). The third-order valence-corrected chi connectivity index (χ3v) is 7.34. The maximum atomic E-state index is 13.3. The van der Waals surface area contributed by atoms with Gasteiger partial charge >= 0.3 is 0 Å². The van der Waals surface area contributed by atoms with E-state index in [-0.39, 0.29) is 26.3 Å². The van der Waals surface area contributed by atoms with Gasteiger partial charge in [0.1, 0.15) is 5.57 Å². The molecule has 166 valence electrons. The van der Waals surface area contributed by atoms with Crippen molar-refractivity contribution in [3.63, 3.8) is 0 Å². The maximum absolute atomic E-state index is 13.3. The zero-order valence-electron chi connectivity index (χ0n) is 18.2. The Hall–Kier alpha value is -2.41. The molecule has 0 bridgehead atoms. The van der Waals surface area contributed by atoms with Gasteiger partial charge in [0, 0.05) is 18.3 Å². The minimum absolute atomic E-state index is 0.0215. The van der Waals surface area contributed by atoms with Crippen molar-refractivity contribution >= 4 is 69.8 Å². The largest absolute Gasteiger partial charge is 0.369 e. The molecule has 8 heteroatoms. The van der Waals surface area contributed by atoms with Crippen LogP contribution in [0.25, 0.3) is 6.08 Å². The molecule has 0 spiro atoms. The van der Waals surface area contributed by atoms with Crippen LogP contribution in [0, 0.1) is 0 Å². The van der Waals surface area contributed by atoms with E-state index in [2.05, 4.69) is 38.0 Å². The Labute approximate surface area is 203 Å². The molecule has 1 N–H and O–H groups in total. The van der Waals surface area contributed by atoms with Crippen molar-refractivity contribution in [3.8, 4) is 0 Å². The molecule has 1 unspecified atom stereocenters. The highest BCUT2D eigenvalue weighted by Crippen LogP contribution is 2.43. The molecule has 2 aromatic carbocycles. The third-order valence-electron chi connectivity index (χ3n) is 6.24. The Balaban J connectivity index is 1.75. The molecule has 1 fully saturated rings. The van der Waals surface area contributed by atoms with Gasteiger partial charge in [-0.2, -0.15) is 0 Å². The first kappa shape index (κ1) is 22.8. The summed E-state index contributed by atoms with van der Waals surface area (Å²) in [5, 5.41) is 3.02. The highest BCUT2D eigenvalue weighted by atomic mass is 35.5. The summed E-state index contributed by atoms with van der Waals surface area (Å²) < 4.78 is 0. The van der Waals surface area contributed by atoms with E-state index < -0.39 is 11.8 Å². The molecule has 0 aliphatic carbocycles. The summed E-state index contributed by atoms with van der Waals surface area (Å²) in [4.78, 5) is 29.4. The normalized spacial score (nSPS) is 21.6.